The number of imide groups is 1. The minimum atomic E-state index is -0.260. The second kappa shape index (κ2) is 14.1. The highest BCUT2D eigenvalue weighted by Gasteiger charge is 2.63. The number of hydrogen-bond donors (Lipinski definition) is 0. The van der Waals surface area contributed by atoms with Gasteiger partial charge >= 0.3 is 0 Å². The summed E-state index contributed by atoms with van der Waals surface area (Å²) in [5.74, 6) is 4.77. The lowest BCUT2D eigenvalue weighted by atomic mass is 9.56. The molecule has 308 valence electrons. The van der Waals surface area contributed by atoms with Crippen molar-refractivity contribution >= 4 is 60.6 Å². The monoisotopic (exact) mass is 817 g/mol. The molecule has 9 unspecified atom stereocenters. The molecule has 0 bridgehead atoms. The molecule has 0 N–H and O–H groups in total. The molecule has 1 heterocycles. The summed E-state index contributed by atoms with van der Waals surface area (Å²) in [7, 11) is 0. The van der Waals surface area contributed by atoms with Crippen molar-refractivity contribution in [1.29, 1.82) is 0 Å². The van der Waals surface area contributed by atoms with E-state index in [-0.39, 0.29) is 11.8 Å². The highest BCUT2D eigenvalue weighted by atomic mass is 16.2. The molecule has 8 aromatic carbocycles. The highest BCUT2D eigenvalue weighted by molar-refractivity contribution is 6.42. The zero-order chi connectivity index (χ0) is 42.1. The SMILES string of the molecule is CC=C1C(=CC)C(c2ccccc2)C2C3CCC(c4ccc5c6ccc7c8c(ccc(c9cccc4c95)c86)C(=O)N(c4ccccc4)C7=O)C4CCCC(C43)C2C1c1ccccc1. The average Bonchev–Trinajstić information content (AvgIpc) is 3.67. The zero-order valence-corrected chi connectivity index (χ0v) is 36.0. The van der Waals surface area contributed by atoms with E-state index in [1.807, 2.05) is 42.5 Å². The Morgan fingerprint density at radius 1 is 0.444 bits per heavy atom. The Kier molecular flexibility index (Phi) is 8.33. The number of nitrogens with zero attached hydrogens (tertiary/aromatic N) is 1. The first-order valence-electron chi connectivity index (χ1n) is 23.6. The summed E-state index contributed by atoms with van der Waals surface area (Å²) in [5, 5.41) is 9.18. The average molecular weight is 818 g/mol. The first-order chi connectivity index (χ1) is 31.1. The van der Waals surface area contributed by atoms with Crippen LogP contribution in [0.5, 0.6) is 0 Å². The molecule has 13 rings (SSSR count). The number of amides is 2. The number of hydrogen-bond acceptors (Lipinski definition) is 2. The first kappa shape index (κ1) is 37.3. The molecular formula is C60H51NO2. The van der Waals surface area contributed by atoms with Crippen LogP contribution in [0.4, 0.5) is 5.69 Å². The van der Waals surface area contributed by atoms with Gasteiger partial charge in [-0.1, -0.05) is 140 Å². The van der Waals surface area contributed by atoms with Gasteiger partial charge in [-0.15, -0.1) is 0 Å². The van der Waals surface area contributed by atoms with E-state index in [1.165, 1.54) is 75.2 Å². The lowest BCUT2D eigenvalue weighted by Gasteiger charge is -2.47. The predicted molar refractivity (Wildman–Crippen MR) is 258 cm³/mol. The van der Waals surface area contributed by atoms with Crippen LogP contribution in [0.2, 0.25) is 0 Å². The van der Waals surface area contributed by atoms with E-state index in [1.54, 1.807) is 11.1 Å². The minimum absolute atomic E-state index is 0.260. The molecule has 4 fully saturated rings. The van der Waals surface area contributed by atoms with Crippen molar-refractivity contribution in [1.82, 2.24) is 0 Å². The molecule has 0 aromatic heterocycles. The maximum Gasteiger partial charge on any atom is 0.265 e. The third-order valence-corrected chi connectivity index (χ3v) is 17.1. The van der Waals surface area contributed by atoms with Crippen molar-refractivity contribution in [2.45, 2.75) is 63.7 Å². The molecule has 9 atom stereocenters. The quantitative estimate of drug-likeness (QED) is 0.101. The Morgan fingerprint density at radius 3 is 1.56 bits per heavy atom. The molecular weight excluding hydrogens is 767 g/mol. The molecule has 8 aromatic rings. The van der Waals surface area contributed by atoms with Crippen LogP contribution in [0.25, 0.3) is 43.1 Å². The van der Waals surface area contributed by atoms with Crippen LogP contribution in [0, 0.1) is 35.5 Å². The summed E-state index contributed by atoms with van der Waals surface area (Å²) in [6.45, 7) is 4.59. The molecule has 0 radical (unpaired) electrons. The van der Waals surface area contributed by atoms with Gasteiger partial charge in [-0.2, -0.15) is 0 Å². The normalized spacial score (nSPS) is 29.0. The Balaban J connectivity index is 0.951. The van der Waals surface area contributed by atoms with Crippen LogP contribution in [-0.4, -0.2) is 11.8 Å². The summed E-state index contributed by atoms with van der Waals surface area (Å²) in [5.41, 5.74) is 9.41. The number of carbonyl (C=O) groups excluding carboxylic acids is 2. The molecule has 1 aliphatic heterocycles. The molecule has 4 saturated carbocycles. The second-order valence-corrected chi connectivity index (χ2v) is 19.4. The number of fused-ring (bicyclic) bond motifs is 5. The maximum atomic E-state index is 14.2. The van der Waals surface area contributed by atoms with Gasteiger partial charge in [-0.05, 0) is 171 Å². The van der Waals surface area contributed by atoms with Gasteiger partial charge in [-0.25, -0.2) is 4.90 Å². The Bertz CT molecular complexity index is 3080. The third kappa shape index (κ3) is 5.08. The molecule has 5 aliphatic rings. The van der Waals surface area contributed by atoms with E-state index in [0.29, 0.717) is 70.1 Å². The van der Waals surface area contributed by atoms with Gasteiger partial charge in [0, 0.05) is 28.3 Å². The summed E-state index contributed by atoms with van der Waals surface area (Å²) >= 11 is 0. The Morgan fingerprint density at radius 2 is 0.952 bits per heavy atom. The van der Waals surface area contributed by atoms with Crippen molar-refractivity contribution in [2.24, 2.45) is 35.5 Å². The maximum absolute atomic E-state index is 14.2. The summed E-state index contributed by atoms with van der Waals surface area (Å²) in [4.78, 5) is 29.7. The number of para-hydroxylation sites is 1. The van der Waals surface area contributed by atoms with Crippen molar-refractivity contribution in [3.63, 3.8) is 0 Å². The fourth-order valence-electron chi connectivity index (χ4n) is 15.2. The number of allylic oxidation sites excluding steroid dienone is 4. The lowest BCUT2D eigenvalue weighted by molar-refractivity contribution is 0.0619. The van der Waals surface area contributed by atoms with E-state index >= 15 is 0 Å². The fraction of sp³-hybridized carbons (Fsp3) is 0.267. The van der Waals surface area contributed by atoms with E-state index < -0.39 is 0 Å². The van der Waals surface area contributed by atoms with Gasteiger partial charge in [0.2, 0.25) is 0 Å². The molecule has 4 aliphatic carbocycles. The van der Waals surface area contributed by atoms with E-state index in [9.17, 15) is 9.59 Å². The van der Waals surface area contributed by atoms with Crippen molar-refractivity contribution in [3.05, 3.63) is 197 Å². The highest BCUT2D eigenvalue weighted by Crippen LogP contribution is 2.71. The summed E-state index contributed by atoms with van der Waals surface area (Å²) in [6.07, 6.45) is 11.4. The minimum Gasteiger partial charge on any atom is -0.268 e. The van der Waals surface area contributed by atoms with Gasteiger partial charge in [0.05, 0.1) is 5.69 Å². The Hall–Kier alpha value is -6.32. The Labute approximate surface area is 369 Å². The largest absolute Gasteiger partial charge is 0.268 e. The van der Waals surface area contributed by atoms with Gasteiger partial charge in [-0.3, -0.25) is 9.59 Å². The zero-order valence-electron chi connectivity index (χ0n) is 36.0. The first-order valence-corrected chi connectivity index (χ1v) is 23.6. The van der Waals surface area contributed by atoms with Crippen LogP contribution in [-0.2, 0) is 0 Å². The van der Waals surface area contributed by atoms with Crippen LogP contribution in [0.1, 0.15) is 101 Å². The van der Waals surface area contributed by atoms with Crippen molar-refractivity contribution in [2.75, 3.05) is 4.90 Å². The second-order valence-electron chi connectivity index (χ2n) is 19.4. The third-order valence-electron chi connectivity index (χ3n) is 17.1. The topological polar surface area (TPSA) is 37.4 Å². The van der Waals surface area contributed by atoms with E-state index in [0.717, 1.165) is 21.5 Å². The smallest absolute Gasteiger partial charge is 0.265 e. The van der Waals surface area contributed by atoms with Gasteiger partial charge in [0.1, 0.15) is 0 Å². The van der Waals surface area contributed by atoms with Crippen LogP contribution >= 0.6 is 0 Å². The van der Waals surface area contributed by atoms with Crippen LogP contribution < -0.4 is 4.90 Å². The molecule has 3 nitrogen and oxygen atoms in total. The fourth-order valence-corrected chi connectivity index (χ4v) is 15.2. The van der Waals surface area contributed by atoms with Gasteiger partial charge in [0.25, 0.3) is 11.8 Å². The van der Waals surface area contributed by atoms with Gasteiger partial charge in [0.15, 0.2) is 0 Å². The summed E-state index contributed by atoms with van der Waals surface area (Å²) < 4.78 is 0. The van der Waals surface area contributed by atoms with Crippen LogP contribution in [0.3, 0.4) is 0 Å². The van der Waals surface area contributed by atoms with E-state index in [2.05, 4.69) is 129 Å². The number of rotatable bonds is 4. The summed E-state index contributed by atoms with van der Waals surface area (Å²) in [6, 6.07) is 52.5. The predicted octanol–water partition coefficient (Wildman–Crippen LogP) is 14.8. The molecule has 2 amide bonds. The molecule has 0 saturated heterocycles. The van der Waals surface area contributed by atoms with Crippen LogP contribution in [0.15, 0.2) is 169 Å². The molecule has 63 heavy (non-hydrogen) atoms. The number of anilines is 1. The van der Waals surface area contributed by atoms with Gasteiger partial charge < -0.3 is 0 Å². The number of carbonyl (C=O) groups is 2. The standard InChI is InChI=1S/C60H51NO2/c1-3-37-38(4-2)52(35-18-10-6-11-19-35)58-48-31-27-40(42-23-15-25-47(54(42)48)57(58)51(37)34-16-8-5-9-17-34)39-26-28-44-46-30-33-50-56-49(59(62)61(60(50)63)36-20-12-7-13-21-36)32-29-45(55(46)56)43-24-14-22-41(39)53(43)44/h3-14,16-22,24,26,28-30,32-33,40,42,47-48,51-52,54,57-58H,15,23,25,27,31H2,1-2H3. The van der Waals surface area contributed by atoms with Crippen molar-refractivity contribution in [3.8, 4) is 0 Å². The van der Waals surface area contributed by atoms with Crippen molar-refractivity contribution < 1.29 is 9.59 Å². The molecule has 3 heteroatoms. The van der Waals surface area contributed by atoms with E-state index in [4.69, 9.17) is 0 Å². The number of benzene rings is 8. The molecule has 0 spiro atoms. The lowest BCUT2D eigenvalue weighted by Crippen LogP contribution is -2.40.